The van der Waals surface area contributed by atoms with Gasteiger partial charge < -0.3 is 4.18 Å². The highest BCUT2D eigenvalue weighted by Crippen LogP contribution is 2.18. The third-order valence-corrected chi connectivity index (χ3v) is 3.36. The van der Waals surface area contributed by atoms with Crippen LogP contribution in [0.15, 0.2) is 41.7 Å². The Morgan fingerprint density at radius 3 is 2.50 bits per heavy atom. The fourth-order valence-corrected chi connectivity index (χ4v) is 2.12. The fourth-order valence-electron chi connectivity index (χ4n) is 1.22. The summed E-state index contributed by atoms with van der Waals surface area (Å²) in [4.78, 5) is 6.75. The lowest BCUT2D eigenvalue weighted by atomic mass is 10.2. The second-order valence-electron chi connectivity index (χ2n) is 3.53. The van der Waals surface area contributed by atoms with Gasteiger partial charge in [-0.2, -0.15) is 17.8 Å². The van der Waals surface area contributed by atoms with Gasteiger partial charge in [0.1, 0.15) is 11.2 Å². The van der Waals surface area contributed by atoms with Gasteiger partial charge in [-0.1, -0.05) is 17.7 Å². The molecule has 18 heavy (non-hydrogen) atoms. The minimum Gasteiger partial charge on any atom is -0.355 e. The average Bonchev–Trinajstić information content (AvgIpc) is 2.32. The molecule has 0 saturated heterocycles. The standard InChI is InChI=1S/C11H9FN2O3S/c1-8-2-4-9(5-3-8)18(15,16)17-11-10(12)6-13-7-14-11/h2-7H,1H3. The molecule has 0 spiro atoms. The van der Waals surface area contributed by atoms with Gasteiger partial charge in [-0.15, -0.1) is 0 Å². The van der Waals surface area contributed by atoms with Crippen molar-refractivity contribution < 1.29 is 17.0 Å². The highest BCUT2D eigenvalue weighted by atomic mass is 32.2. The summed E-state index contributed by atoms with van der Waals surface area (Å²) in [6, 6.07) is 5.99. The number of hydrogen-bond acceptors (Lipinski definition) is 5. The summed E-state index contributed by atoms with van der Waals surface area (Å²) < 4.78 is 41.4. The minimum absolute atomic E-state index is 0.0638. The summed E-state index contributed by atoms with van der Waals surface area (Å²) in [7, 11) is -4.08. The lowest BCUT2D eigenvalue weighted by molar-refractivity contribution is 0.445. The molecule has 0 fully saturated rings. The molecule has 2 rings (SSSR count). The van der Waals surface area contributed by atoms with E-state index in [9.17, 15) is 12.8 Å². The van der Waals surface area contributed by atoms with Crippen LogP contribution in [0, 0.1) is 12.7 Å². The van der Waals surface area contributed by atoms with Crippen molar-refractivity contribution in [3.63, 3.8) is 0 Å². The SMILES string of the molecule is Cc1ccc(S(=O)(=O)Oc2ncncc2F)cc1. The van der Waals surface area contributed by atoms with Crippen LogP contribution in [0.25, 0.3) is 0 Å². The maximum absolute atomic E-state index is 13.2. The molecule has 0 N–H and O–H groups in total. The fraction of sp³-hybridized carbons (Fsp3) is 0.0909. The molecule has 0 saturated carbocycles. The second kappa shape index (κ2) is 4.69. The first-order chi connectivity index (χ1) is 8.49. The van der Waals surface area contributed by atoms with Crippen molar-refractivity contribution in [1.82, 2.24) is 9.97 Å². The Labute approximate surface area is 103 Å². The molecule has 94 valence electrons. The number of aryl methyl sites for hydroxylation is 1. The number of nitrogens with zero attached hydrogens (tertiary/aromatic N) is 2. The van der Waals surface area contributed by atoms with Gasteiger partial charge in [-0.25, -0.2) is 4.98 Å². The first-order valence-corrected chi connectivity index (χ1v) is 6.36. The minimum atomic E-state index is -4.08. The van der Waals surface area contributed by atoms with Crippen molar-refractivity contribution in [3.8, 4) is 5.88 Å². The molecule has 0 bridgehead atoms. The van der Waals surface area contributed by atoms with Gasteiger partial charge >= 0.3 is 10.1 Å². The zero-order valence-corrected chi connectivity index (χ0v) is 10.2. The predicted molar refractivity (Wildman–Crippen MR) is 61.0 cm³/mol. The Hall–Kier alpha value is -2.02. The van der Waals surface area contributed by atoms with Crippen LogP contribution in [-0.4, -0.2) is 18.4 Å². The lowest BCUT2D eigenvalue weighted by Crippen LogP contribution is -2.11. The number of hydrogen-bond donors (Lipinski definition) is 0. The molecule has 0 radical (unpaired) electrons. The molecule has 0 unspecified atom stereocenters. The Kier molecular flexibility index (Phi) is 3.24. The number of rotatable bonds is 3. The first-order valence-electron chi connectivity index (χ1n) is 4.96. The van der Waals surface area contributed by atoms with Crippen molar-refractivity contribution >= 4 is 10.1 Å². The lowest BCUT2D eigenvalue weighted by Gasteiger charge is -2.06. The van der Waals surface area contributed by atoms with E-state index in [1.54, 1.807) is 12.1 Å². The van der Waals surface area contributed by atoms with E-state index in [0.717, 1.165) is 18.1 Å². The topological polar surface area (TPSA) is 69.2 Å². The maximum atomic E-state index is 13.2. The number of aromatic nitrogens is 2. The monoisotopic (exact) mass is 268 g/mol. The molecule has 2 aromatic rings. The van der Waals surface area contributed by atoms with E-state index in [1.165, 1.54) is 12.1 Å². The van der Waals surface area contributed by atoms with Crippen LogP contribution in [0.4, 0.5) is 4.39 Å². The number of benzene rings is 1. The van der Waals surface area contributed by atoms with E-state index in [2.05, 4.69) is 14.2 Å². The smallest absolute Gasteiger partial charge is 0.340 e. The van der Waals surface area contributed by atoms with Gasteiger partial charge in [0.2, 0.25) is 5.82 Å². The zero-order chi connectivity index (χ0) is 13.2. The van der Waals surface area contributed by atoms with Crippen molar-refractivity contribution in [2.24, 2.45) is 0 Å². The van der Waals surface area contributed by atoms with E-state index in [4.69, 9.17) is 0 Å². The van der Waals surface area contributed by atoms with E-state index < -0.39 is 21.8 Å². The van der Waals surface area contributed by atoms with Crippen LogP contribution in [0.2, 0.25) is 0 Å². The van der Waals surface area contributed by atoms with E-state index in [-0.39, 0.29) is 4.90 Å². The average molecular weight is 268 g/mol. The van der Waals surface area contributed by atoms with Crippen LogP contribution in [0.1, 0.15) is 5.56 Å². The van der Waals surface area contributed by atoms with Crippen LogP contribution >= 0.6 is 0 Å². The molecular formula is C11H9FN2O3S. The summed E-state index contributed by atoms with van der Waals surface area (Å²) in [6.07, 6.45) is 1.83. The van der Waals surface area contributed by atoms with Crippen molar-refractivity contribution in [2.45, 2.75) is 11.8 Å². The van der Waals surface area contributed by atoms with Gasteiger partial charge in [-0.3, -0.25) is 0 Å². The van der Waals surface area contributed by atoms with Crippen LogP contribution in [0.3, 0.4) is 0 Å². The van der Waals surface area contributed by atoms with E-state index in [0.29, 0.717) is 0 Å². The normalized spacial score (nSPS) is 11.2. The molecular weight excluding hydrogens is 259 g/mol. The summed E-state index contributed by atoms with van der Waals surface area (Å²) in [5.41, 5.74) is 0.905. The molecule has 7 heteroatoms. The summed E-state index contributed by atoms with van der Waals surface area (Å²) in [5, 5.41) is 0. The number of halogens is 1. The largest absolute Gasteiger partial charge is 0.355 e. The predicted octanol–water partition coefficient (Wildman–Crippen LogP) is 1.69. The van der Waals surface area contributed by atoms with Crippen molar-refractivity contribution in [1.29, 1.82) is 0 Å². The molecule has 1 aromatic heterocycles. The Bertz CT molecular complexity index is 656. The molecule has 0 aliphatic rings. The molecule has 0 aliphatic carbocycles. The maximum Gasteiger partial charge on any atom is 0.340 e. The van der Waals surface area contributed by atoms with Gasteiger partial charge in [-0.05, 0) is 19.1 Å². The molecule has 0 amide bonds. The van der Waals surface area contributed by atoms with Crippen LogP contribution < -0.4 is 4.18 Å². The van der Waals surface area contributed by atoms with E-state index in [1.807, 2.05) is 6.92 Å². The Morgan fingerprint density at radius 1 is 1.22 bits per heavy atom. The quantitative estimate of drug-likeness (QED) is 0.792. The summed E-state index contributed by atoms with van der Waals surface area (Å²) in [6.45, 7) is 1.82. The highest BCUT2D eigenvalue weighted by Gasteiger charge is 2.19. The third kappa shape index (κ3) is 2.62. The molecule has 1 heterocycles. The zero-order valence-electron chi connectivity index (χ0n) is 9.37. The summed E-state index contributed by atoms with van der Waals surface area (Å²) >= 11 is 0. The second-order valence-corrected chi connectivity index (χ2v) is 5.07. The molecule has 5 nitrogen and oxygen atoms in total. The van der Waals surface area contributed by atoms with Gasteiger partial charge in [0.15, 0.2) is 0 Å². The third-order valence-electron chi connectivity index (χ3n) is 2.13. The highest BCUT2D eigenvalue weighted by molar-refractivity contribution is 7.87. The van der Waals surface area contributed by atoms with E-state index >= 15 is 0 Å². The van der Waals surface area contributed by atoms with Crippen molar-refractivity contribution in [2.75, 3.05) is 0 Å². The van der Waals surface area contributed by atoms with Crippen LogP contribution in [0.5, 0.6) is 5.88 Å². The Morgan fingerprint density at radius 2 is 1.89 bits per heavy atom. The molecule has 1 aromatic carbocycles. The van der Waals surface area contributed by atoms with Gasteiger partial charge in [0, 0.05) is 0 Å². The van der Waals surface area contributed by atoms with Crippen LogP contribution in [-0.2, 0) is 10.1 Å². The van der Waals surface area contributed by atoms with Gasteiger partial charge in [0.05, 0.1) is 6.20 Å². The molecule has 0 aliphatic heterocycles. The summed E-state index contributed by atoms with van der Waals surface area (Å²) in [5.74, 6) is -1.56. The first kappa shape index (κ1) is 12.4. The van der Waals surface area contributed by atoms with Crippen molar-refractivity contribution in [3.05, 3.63) is 48.2 Å². The van der Waals surface area contributed by atoms with Gasteiger partial charge in [0.25, 0.3) is 5.88 Å². The molecule has 0 atom stereocenters. The Balaban J connectivity index is 2.33.